The lowest BCUT2D eigenvalue weighted by molar-refractivity contribution is -0.139. The Bertz CT molecular complexity index is 1410. The number of aryl methyl sites for hydroxylation is 1. The number of carbonyl (C=O) groups excluding carboxylic acids is 2. The topological polar surface area (TPSA) is 96.0 Å². The van der Waals surface area contributed by atoms with Gasteiger partial charge in [-0.25, -0.2) is 8.42 Å². The number of rotatable bonds is 12. The van der Waals surface area contributed by atoms with Crippen LogP contribution in [-0.4, -0.2) is 50.9 Å². The predicted molar refractivity (Wildman–Crippen MR) is 158 cm³/mol. The first kappa shape index (κ1) is 31.0. The third-order valence-corrected chi connectivity index (χ3v) is 8.87. The molecule has 3 rings (SSSR count). The molecule has 3 aromatic rings. The number of amides is 2. The Labute approximate surface area is 241 Å². The molecule has 3 aromatic carbocycles. The van der Waals surface area contributed by atoms with E-state index in [2.05, 4.69) is 5.32 Å². The highest BCUT2D eigenvalue weighted by Crippen LogP contribution is 2.27. The van der Waals surface area contributed by atoms with Crippen LogP contribution in [0.25, 0.3) is 0 Å². The van der Waals surface area contributed by atoms with Crippen molar-refractivity contribution in [3.8, 4) is 5.75 Å². The molecule has 0 fully saturated rings. The van der Waals surface area contributed by atoms with Crippen molar-refractivity contribution in [2.75, 3.05) is 18.0 Å². The Balaban J connectivity index is 2.04. The van der Waals surface area contributed by atoms with Crippen LogP contribution in [0.2, 0.25) is 5.02 Å². The number of nitrogens with one attached hydrogen (secondary N) is 1. The number of nitrogens with zero attached hydrogens (tertiary/aromatic N) is 2. The zero-order chi connectivity index (χ0) is 29.4. The molecule has 0 bridgehead atoms. The number of sulfonamides is 1. The monoisotopic (exact) mass is 585 g/mol. The average molecular weight is 586 g/mol. The average Bonchev–Trinajstić information content (AvgIpc) is 2.95. The summed E-state index contributed by atoms with van der Waals surface area (Å²) in [6.07, 6.45) is 0.719. The summed E-state index contributed by atoms with van der Waals surface area (Å²) in [5.41, 5.74) is 1.82. The molecule has 1 N–H and O–H groups in total. The number of hydrogen-bond donors (Lipinski definition) is 1. The maximum absolute atomic E-state index is 14.0. The number of carbonyl (C=O) groups is 2. The van der Waals surface area contributed by atoms with Crippen molar-refractivity contribution in [3.63, 3.8) is 0 Å². The number of halogens is 1. The van der Waals surface area contributed by atoms with Gasteiger partial charge in [0, 0.05) is 17.6 Å². The highest BCUT2D eigenvalue weighted by molar-refractivity contribution is 7.92. The molecular formula is C30H36ClN3O5S. The van der Waals surface area contributed by atoms with Crippen molar-refractivity contribution < 1.29 is 22.7 Å². The molecule has 0 aliphatic carbocycles. The Kier molecular flexibility index (Phi) is 10.6. The molecule has 0 saturated heterocycles. The lowest BCUT2D eigenvalue weighted by Gasteiger charge is -2.32. The Hall–Kier alpha value is -3.56. The molecule has 0 unspecified atom stereocenters. The van der Waals surface area contributed by atoms with Crippen LogP contribution < -0.4 is 14.4 Å². The van der Waals surface area contributed by atoms with Gasteiger partial charge >= 0.3 is 0 Å². The summed E-state index contributed by atoms with van der Waals surface area (Å²) in [6.45, 7) is 6.80. The maximum atomic E-state index is 14.0. The summed E-state index contributed by atoms with van der Waals surface area (Å²) in [7, 11) is -2.64. The normalized spacial score (nSPS) is 12.8. The zero-order valence-electron chi connectivity index (χ0n) is 23.4. The zero-order valence-corrected chi connectivity index (χ0v) is 25.0. The van der Waals surface area contributed by atoms with Crippen LogP contribution in [0.5, 0.6) is 5.75 Å². The smallest absolute Gasteiger partial charge is 0.264 e. The summed E-state index contributed by atoms with van der Waals surface area (Å²) in [5.74, 6) is -0.358. The molecule has 214 valence electrons. The number of hydrogen-bond acceptors (Lipinski definition) is 5. The van der Waals surface area contributed by atoms with Crippen LogP contribution in [0, 0.1) is 6.92 Å². The van der Waals surface area contributed by atoms with Gasteiger partial charge in [0.25, 0.3) is 10.0 Å². The SMILES string of the molecule is CC[C@@H](C)NC(=O)[C@H](C)N(Cc1ccccc1Cl)C(=O)CN(c1ccc(OC)cc1)S(=O)(=O)c1ccc(C)cc1. The Morgan fingerprint density at radius 3 is 2.17 bits per heavy atom. The molecule has 0 heterocycles. The molecule has 10 heteroatoms. The number of ether oxygens (including phenoxy) is 1. The standard InChI is InChI=1S/C30H36ClN3O5S/c1-6-22(3)32-30(36)23(4)33(19-24-9-7-8-10-28(24)31)29(35)20-34(25-13-15-26(39-5)16-14-25)40(37,38)27-17-11-21(2)12-18-27/h7-18,22-23H,6,19-20H2,1-5H3,(H,32,36)/t22-,23+/m1/s1. The second kappa shape index (κ2) is 13.7. The second-order valence-corrected chi connectivity index (χ2v) is 11.9. The fraction of sp³-hybridized carbons (Fsp3) is 0.333. The van der Waals surface area contributed by atoms with E-state index in [1.54, 1.807) is 67.6 Å². The minimum Gasteiger partial charge on any atom is -0.497 e. The molecule has 2 atom stereocenters. The molecule has 0 radical (unpaired) electrons. The summed E-state index contributed by atoms with van der Waals surface area (Å²) in [5, 5.41) is 3.35. The molecule has 40 heavy (non-hydrogen) atoms. The van der Waals surface area contributed by atoms with Crippen molar-refractivity contribution >= 4 is 39.1 Å². The second-order valence-electron chi connectivity index (χ2n) is 9.63. The fourth-order valence-corrected chi connectivity index (χ4v) is 5.58. The third-order valence-electron chi connectivity index (χ3n) is 6.72. The lowest BCUT2D eigenvalue weighted by atomic mass is 10.1. The van der Waals surface area contributed by atoms with E-state index < -0.39 is 28.5 Å². The summed E-state index contributed by atoms with van der Waals surface area (Å²) in [6, 6.07) is 18.9. The van der Waals surface area contributed by atoms with E-state index in [1.807, 2.05) is 20.8 Å². The van der Waals surface area contributed by atoms with Crippen LogP contribution in [0.3, 0.4) is 0 Å². The molecule has 0 aliphatic rings. The van der Waals surface area contributed by atoms with Crippen LogP contribution >= 0.6 is 11.6 Å². The summed E-state index contributed by atoms with van der Waals surface area (Å²) >= 11 is 6.40. The summed E-state index contributed by atoms with van der Waals surface area (Å²) < 4.78 is 34.0. The van der Waals surface area contributed by atoms with Gasteiger partial charge < -0.3 is 15.0 Å². The number of benzene rings is 3. The minimum atomic E-state index is -4.15. The first-order valence-electron chi connectivity index (χ1n) is 13.0. The van der Waals surface area contributed by atoms with Crippen LogP contribution in [0.4, 0.5) is 5.69 Å². The highest BCUT2D eigenvalue weighted by Gasteiger charge is 2.33. The first-order valence-corrected chi connectivity index (χ1v) is 14.9. The van der Waals surface area contributed by atoms with Crippen molar-refractivity contribution in [3.05, 3.63) is 88.9 Å². The van der Waals surface area contributed by atoms with Gasteiger partial charge in [-0.15, -0.1) is 0 Å². The van der Waals surface area contributed by atoms with Crippen LogP contribution in [0.1, 0.15) is 38.3 Å². The van der Waals surface area contributed by atoms with E-state index in [9.17, 15) is 18.0 Å². The lowest BCUT2D eigenvalue weighted by Crippen LogP contribution is -2.52. The van der Waals surface area contributed by atoms with Crippen molar-refractivity contribution in [1.82, 2.24) is 10.2 Å². The number of anilines is 1. The van der Waals surface area contributed by atoms with E-state index in [4.69, 9.17) is 16.3 Å². The third kappa shape index (κ3) is 7.55. The van der Waals surface area contributed by atoms with Gasteiger partial charge in [-0.2, -0.15) is 0 Å². The highest BCUT2D eigenvalue weighted by atomic mass is 35.5. The molecule has 0 saturated carbocycles. The molecular weight excluding hydrogens is 550 g/mol. The first-order chi connectivity index (χ1) is 19.0. The Morgan fingerprint density at radius 2 is 1.60 bits per heavy atom. The van der Waals surface area contributed by atoms with Gasteiger partial charge in [-0.1, -0.05) is 54.4 Å². The van der Waals surface area contributed by atoms with Crippen molar-refractivity contribution in [2.45, 2.75) is 57.6 Å². The van der Waals surface area contributed by atoms with Gasteiger partial charge in [0.2, 0.25) is 11.8 Å². The van der Waals surface area contributed by atoms with Crippen molar-refractivity contribution in [2.24, 2.45) is 0 Å². The van der Waals surface area contributed by atoms with Gasteiger partial charge in [0.05, 0.1) is 17.7 Å². The molecule has 2 amide bonds. The van der Waals surface area contributed by atoms with Gasteiger partial charge in [0.1, 0.15) is 18.3 Å². The van der Waals surface area contributed by atoms with Gasteiger partial charge in [-0.05, 0) is 75.2 Å². The van der Waals surface area contributed by atoms with Crippen LogP contribution in [0.15, 0.2) is 77.7 Å². The molecule has 8 nitrogen and oxygen atoms in total. The van der Waals surface area contributed by atoms with Gasteiger partial charge in [0.15, 0.2) is 0 Å². The van der Waals surface area contributed by atoms with Crippen LogP contribution in [-0.2, 0) is 26.2 Å². The quantitative estimate of drug-likeness (QED) is 0.316. The largest absolute Gasteiger partial charge is 0.497 e. The predicted octanol–water partition coefficient (Wildman–Crippen LogP) is 5.18. The fourth-order valence-electron chi connectivity index (χ4n) is 3.97. The van der Waals surface area contributed by atoms with E-state index in [0.717, 1.165) is 16.3 Å². The van der Waals surface area contributed by atoms with E-state index in [-0.39, 0.29) is 29.1 Å². The molecule has 0 spiro atoms. The summed E-state index contributed by atoms with van der Waals surface area (Å²) in [4.78, 5) is 28.5. The van der Waals surface area contributed by atoms with Crippen molar-refractivity contribution in [1.29, 1.82) is 0 Å². The van der Waals surface area contributed by atoms with Gasteiger partial charge in [-0.3, -0.25) is 13.9 Å². The maximum Gasteiger partial charge on any atom is 0.264 e. The Morgan fingerprint density at radius 1 is 0.975 bits per heavy atom. The number of methoxy groups -OCH3 is 1. The van der Waals surface area contributed by atoms with E-state index in [1.165, 1.54) is 24.1 Å². The van der Waals surface area contributed by atoms with E-state index >= 15 is 0 Å². The molecule has 0 aromatic heterocycles. The van der Waals surface area contributed by atoms with E-state index in [0.29, 0.717) is 16.3 Å². The minimum absolute atomic E-state index is 0.0225. The molecule has 0 aliphatic heterocycles.